The van der Waals surface area contributed by atoms with Gasteiger partial charge in [-0.15, -0.1) is 0 Å². The van der Waals surface area contributed by atoms with Crippen LogP contribution in [0.3, 0.4) is 0 Å². The van der Waals surface area contributed by atoms with Crippen LogP contribution in [0.25, 0.3) is 0 Å². The largest absolute Gasteiger partial charge is 0.368 e. The van der Waals surface area contributed by atoms with Crippen molar-refractivity contribution in [3.63, 3.8) is 0 Å². The number of hydrogen-bond acceptors (Lipinski definition) is 9. The fourth-order valence-corrected chi connectivity index (χ4v) is 6.66. The van der Waals surface area contributed by atoms with Gasteiger partial charge in [0.15, 0.2) is 18.4 Å². The van der Waals surface area contributed by atoms with Crippen molar-refractivity contribution < 1.29 is 42.7 Å². The van der Waals surface area contributed by atoms with Crippen molar-refractivity contribution in [2.24, 2.45) is 0 Å². The molecule has 0 saturated carbocycles. The van der Waals surface area contributed by atoms with Gasteiger partial charge in [0.05, 0.1) is 32.5 Å². The predicted octanol–water partition coefficient (Wildman–Crippen LogP) is 6.51. The molecule has 2 saturated heterocycles. The average Bonchev–Trinajstić information content (AvgIpc) is 3.19. The molecule has 7 rings (SSSR count). The SMILES string of the molecule is CO[C@H]1O[C@H](C(=O)C[C@@H]2C=C[C@@H]3O[C@H](c4ccccc4)OC[C@H]3O2)[C@@H](OCc2ccccc2)[C@H](OCc2ccccc2)[C@@H]1OCc1ccccc1. The molecule has 3 heterocycles. The fourth-order valence-electron chi connectivity index (χ4n) is 6.66. The minimum absolute atomic E-state index is 0.0507. The molecular formula is C42H44O9. The van der Waals surface area contributed by atoms with E-state index in [1.807, 2.05) is 133 Å². The van der Waals surface area contributed by atoms with Crippen LogP contribution in [0.15, 0.2) is 133 Å². The van der Waals surface area contributed by atoms with Gasteiger partial charge in [-0.1, -0.05) is 133 Å². The maximum atomic E-state index is 14.3. The Labute approximate surface area is 299 Å². The van der Waals surface area contributed by atoms with Crippen molar-refractivity contribution in [2.75, 3.05) is 13.7 Å². The van der Waals surface area contributed by atoms with Crippen LogP contribution in [-0.4, -0.2) is 68.5 Å². The topological polar surface area (TPSA) is 90.9 Å². The smallest absolute Gasteiger partial charge is 0.187 e. The molecule has 0 radical (unpaired) electrons. The van der Waals surface area contributed by atoms with E-state index >= 15 is 0 Å². The second kappa shape index (κ2) is 17.5. The van der Waals surface area contributed by atoms with Gasteiger partial charge in [0, 0.05) is 19.1 Å². The highest BCUT2D eigenvalue weighted by Gasteiger charge is 2.51. The van der Waals surface area contributed by atoms with Crippen molar-refractivity contribution in [3.8, 4) is 0 Å². The summed E-state index contributed by atoms with van der Waals surface area (Å²) in [6.45, 7) is 1.15. The van der Waals surface area contributed by atoms with Gasteiger partial charge in [0.25, 0.3) is 0 Å². The van der Waals surface area contributed by atoms with Crippen LogP contribution < -0.4 is 0 Å². The Kier molecular flexibility index (Phi) is 12.1. The Morgan fingerprint density at radius 1 is 0.627 bits per heavy atom. The van der Waals surface area contributed by atoms with Crippen LogP contribution >= 0.6 is 0 Å². The second-order valence-electron chi connectivity index (χ2n) is 12.9. The standard InChI is InChI=1S/C42H44O9/c1-44-42-40(47-27-31-18-10-4-11-19-31)39(46-26-30-16-8-3-9-17-30)38(45-25-29-14-6-2-7-15-29)37(51-42)34(43)24-33-22-23-35-36(49-33)28-48-41(50-35)32-20-12-5-13-21-32/h2-23,33,35-42H,24-28H2,1H3/t33-,35-,36+,37+,38+,39-,40-,41+,42-/m0/s1. The van der Waals surface area contributed by atoms with Crippen LogP contribution in [-0.2, 0) is 62.5 Å². The van der Waals surface area contributed by atoms with Gasteiger partial charge in [-0.3, -0.25) is 4.79 Å². The summed E-state index contributed by atoms with van der Waals surface area (Å²) in [7, 11) is 1.55. The van der Waals surface area contributed by atoms with Gasteiger partial charge < -0.3 is 37.9 Å². The molecule has 51 heavy (non-hydrogen) atoms. The molecule has 3 aliphatic heterocycles. The summed E-state index contributed by atoms with van der Waals surface area (Å²) >= 11 is 0. The lowest BCUT2D eigenvalue weighted by Crippen LogP contribution is -2.62. The Morgan fingerprint density at radius 3 is 1.73 bits per heavy atom. The van der Waals surface area contributed by atoms with Crippen LogP contribution in [0.4, 0.5) is 0 Å². The molecule has 4 aromatic rings. The first-order chi connectivity index (χ1) is 25.1. The van der Waals surface area contributed by atoms with Gasteiger partial charge >= 0.3 is 0 Å². The summed E-state index contributed by atoms with van der Waals surface area (Å²) in [6.07, 6.45) is -1.88. The third-order valence-electron chi connectivity index (χ3n) is 9.30. The van der Waals surface area contributed by atoms with Crippen LogP contribution in [0, 0.1) is 0 Å². The summed E-state index contributed by atoms with van der Waals surface area (Å²) in [5, 5.41) is 0. The molecule has 3 aliphatic rings. The molecule has 0 aromatic heterocycles. The summed E-state index contributed by atoms with van der Waals surface area (Å²) in [5.74, 6) is -0.196. The van der Waals surface area contributed by atoms with E-state index in [4.69, 9.17) is 37.9 Å². The average molecular weight is 693 g/mol. The number of methoxy groups -OCH3 is 1. The van der Waals surface area contributed by atoms with Gasteiger partial charge in [-0.2, -0.15) is 0 Å². The molecule has 4 aromatic carbocycles. The van der Waals surface area contributed by atoms with Crippen LogP contribution in [0.1, 0.15) is 35.0 Å². The highest BCUT2D eigenvalue weighted by atomic mass is 16.7. The van der Waals surface area contributed by atoms with Gasteiger partial charge in [0.1, 0.15) is 36.6 Å². The van der Waals surface area contributed by atoms with Crippen LogP contribution in [0.2, 0.25) is 0 Å². The first-order valence-electron chi connectivity index (χ1n) is 17.5. The van der Waals surface area contributed by atoms with Crippen molar-refractivity contribution in [3.05, 3.63) is 156 Å². The molecule has 0 unspecified atom stereocenters. The fraction of sp³-hybridized carbons (Fsp3) is 0.357. The van der Waals surface area contributed by atoms with Gasteiger partial charge in [-0.05, 0) is 16.7 Å². The van der Waals surface area contributed by atoms with Crippen molar-refractivity contribution in [1.29, 1.82) is 0 Å². The van der Waals surface area contributed by atoms with E-state index in [1.165, 1.54) is 0 Å². The number of hydrogen-bond donors (Lipinski definition) is 0. The van der Waals surface area contributed by atoms with E-state index < -0.39 is 43.1 Å². The molecule has 9 nitrogen and oxygen atoms in total. The third kappa shape index (κ3) is 9.07. The third-order valence-corrected chi connectivity index (χ3v) is 9.30. The summed E-state index contributed by atoms with van der Waals surface area (Å²) in [4.78, 5) is 14.3. The highest BCUT2D eigenvalue weighted by molar-refractivity contribution is 5.84. The molecule has 9 atom stereocenters. The van der Waals surface area contributed by atoms with E-state index in [0.717, 1.165) is 22.3 Å². The monoisotopic (exact) mass is 692 g/mol. The molecule has 2 fully saturated rings. The van der Waals surface area contributed by atoms with Gasteiger partial charge in [0.2, 0.25) is 0 Å². The molecule has 0 bridgehead atoms. The molecule has 0 amide bonds. The molecular weight excluding hydrogens is 648 g/mol. The molecule has 0 spiro atoms. The molecule has 9 heteroatoms. The number of ether oxygens (including phenoxy) is 8. The minimum Gasteiger partial charge on any atom is -0.368 e. The zero-order chi connectivity index (χ0) is 34.8. The Morgan fingerprint density at radius 2 is 1.16 bits per heavy atom. The number of carbonyl (C=O) groups is 1. The number of Topliss-reactive ketones (excluding diaryl/α,β-unsaturated/α-hetero) is 1. The highest BCUT2D eigenvalue weighted by Crippen LogP contribution is 2.34. The number of ketones is 1. The van der Waals surface area contributed by atoms with Crippen LogP contribution in [0.5, 0.6) is 0 Å². The maximum absolute atomic E-state index is 14.3. The first kappa shape index (κ1) is 35.4. The number of fused-ring (bicyclic) bond motifs is 1. The number of benzene rings is 4. The Bertz CT molecular complexity index is 1670. The molecule has 0 N–H and O–H groups in total. The lowest BCUT2D eigenvalue weighted by atomic mass is 9.92. The summed E-state index contributed by atoms with van der Waals surface area (Å²) in [6, 6.07) is 39.4. The zero-order valence-corrected chi connectivity index (χ0v) is 28.6. The maximum Gasteiger partial charge on any atom is 0.187 e. The lowest BCUT2D eigenvalue weighted by Gasteiger charge is -2.45. The number of rotatable bonds is 14. The molecule has 266 valence electrons. The quantitative estimate of drug-likeness (QED) is 0.137. The van der Waals surface area contributed by atoms with E-state index in [2.05, 4.69) is 0 Å². The van der Waals surface area contributed by atoms with E-state index in [0.29, 0.717) is 13.2 Å². The van der Waals surface area contributed by atoms with Gasteiger partial charge in [-0.25, -0.2) is 0 Å². The Balaban J connectivity index is 1.11. The predicted molar refractivity (Wildman–Crippen MR) is 188 cm³/mol. The second-order valence-corrected chi connectivity index (χ2v) is 12.9. The minimum atomic E-state index is -1.02. The number of carbonyl (C=O) groups excluding carboxylic acids is 1. The van der Waals surface area contributed by atoms with E-state index in [9.17, 15) is 4.79 Å². The summed E-state index contributed by atoms with van der Waals surface area (Å²) < 4.78 is 50.6. The van der Waals surface area contributed by atoms with Crippen molar-refractivity contribution in [2.45, 2.75) is 81.5 Å². The normalized spacial score (nSPS) is 28.9. The van der Waals surface area contributed by atoms with Crippen molar-refractivity contribution >= 4 is 5.78 Å². The molecule has 0 aliphatic carbocycles. The Hall–Kier alpha value is -4.03. The lowest BCUT2D eigenvalue weighted by molar-refractivity contribution is -0.311. The van der Waals surface area contributed by atoms with E-state index in [1.54, 1.807) is 7.11 Å². The van der Waals surface area contributed by atoms with E-state index in [-0.39, 0.29) is 37.6 Å². The first-order valence-corrected chi connectivity index (χ1v) is 17.5. The van der Waals surface area contributed by atoms with Crippen molar-refractivity contribution in [1.82, 2.24) is 0 Å². The summed E-state index contributed by atoms with van der Waals surface area (Å²) in [5.41, 5.74) is 3.86. The zero-order valence-electron chi connectivity index (χ0n) is 28.6.